The Labute approximate surface area is 350 Å². The first-order chi connectivity index (χ1) is 29.7. The monoisotopic (exact) mass is 818 g/mol. The van der Waals surface area contributed by atoms with Crippen molar-refractivity contribution < 1.29 is 27.1 Å². The Bertz CT molecular complexity index is 2720. The van der Waals surface area contributed by atoms with E-state index < -0.39 is 17.2 Å². The zero-order valence-corrected chi connectivity index (χ0v) is 33.9. The molecule has 0 saturated carbocycles. The summed E-state index contributed by atoms with van der Waals surface area (Å²) in [6, 6.07) is 72.0. The molecule has 0 saturated heterocycles. The summed E-state index contributed by atoms with van der Waals surface area (Å²) >= 11 is 0. The smallest absolute Gasteiger partial charge is 0.408 e. The molecule has 0 N–H and O–H groups in total. The number of hydrogen-bond acceptors (Lipinski definition) is 6. The summed E-state index contributed by atoms with van der Waals surface area (Å²) in [5.74, 6) is 3.72. The first-order valence-corrected chi connectivity index (χ1v) is 21.7. The van der Waals surface area contributed by atoms with Gasteiger partial charge in [0.15, 0.2) is 0 Å². The summed E-state index contributed by atoms with van der Waals surface area (Å²) in [4.78, 5) is 0. The predicted octanol–water partition coefficient (Wildman–Crippen LogP) is 15.5. The molecule has 0 atom stereocenters. The molecule has 0 spiro atoms. The highest BCUT2D eigenvalue weighted by molar-refractivity contribution is 7.43. The summed E-state index contributed by atoms with van der Waals surface area (Å²) in [7, 11) is -4.11. The number of benzene rings is 10. The summed E-state index contributed by atoms with van der Waals surface area (Å²) in [5, 5.41) is 8.02. The highest BCUT2D eigenvalue weighted by atomic mass is 31.2. The number of hydrogen-bond donors (Lipinski definition) is 0. The highest BCUT2D eigenvalue weighted by Gasteiger charge is 2.27. The van der Waals surface area contributed by atoms with Crippen LogP contribution in [-0.2, 0) is 0 Å². The van der Waals surface area contributed by atoms with E-state index in [9.17, 15) is 0 Å². The summed E-state index contributed by atoms with van der Waals surface area (Å²) in [6.45, 7) is 0. The van der Waals surface area contributed by atoms with Gasteiger partial charge in [0.25, 0.3) is 0 Å². The van der Waals surface area contributed by atoms with Gasteiger partial charge in [-0.2, -0.15) is 0 Å². The van der Waals surface area contributed by atoms with E-state index in [1.807, 2.05) is 170 Å². The normalized spacial score (nSPS) is 11.3. The van der Waals surface area contributed by atoms with Crippen LogP contribution in [0.5, 0.6) is 34.5 Å². The van der Waals surface area contributed by atoms with Crippen molar-refractivity contribution >= 4 is 60.3 Å². The van der Waals surface area contributed by atoms with Gasteiger partial charge in [0.2, 0.25) is 0 Å². The molecule has 0 aliphatic heterocycles. The van der Waals surface area contributed by atoms with Gasteiger partial charge in [-0.1, -0.05) is 182 Å². The standard InChI is InChI=1S/C52H36O6P2/c1-5-25-41-37(17-1)21-13-33-47(41)53-59(54-48-34-14-22-38-18-2-6-26-42(38)48)57-51-31-11-9-29-45(51)46-30-10-12-32-52(46)58-60(55-49-35-15-23-39-19-3-7-27-43(39)49)56-50-36-16-24-40-20-4-8-28-44(40)50/h1-36H. The zero-order chi connectivity index (χ0) is 40.1. The van der Waals surface area contributed by atoms with Crippen molar-refractivity contribution in [1.82, 2.24) is 0 Å². The van der Waals surface area contributed by atoms with Crippen molar-refractivity contribution in [2.45, 2.75) is 0 Å². The molecule has 10 rings (SSSR count). The predicted molar refractivity (Wildman–Crippen MR) is 245 cm³/mol. The maximum absolute atomic E-state index is 6.86. The number of para-hydroxylation sites is 2. The lowest BCUT2D eigenvalue weighted by atomic mass is 10.0. The average molecular weight is 819 g/mol. The number of rotatable bonds is 13. The Balaban J connectivity index is 1.02. The van der Waals surface area contributed by atoms with E-state index in [4.69, 9.17) is 27.1 Å². The summed E-state index contributed by atoms with van der Waals surface area (Å²) in [6.07, 6.45) is 0. The second kappa shape index (κ2) is 17.0. The van der Waals surface area contributed by atoms with E-state index in [1.165, 1.54) is 0 Å². The minimum atomic E-state index is -2.06. The van der Waals surface area contributed by atoms with Crippen LogP contribution in [0.4, 0.5) is 0 Å². The van der Waals surface area contributed by atoms with Crippen LogP contribution in [0.1, 0.15) is 0 Å². The molecule has 0 unspecified atom stereocenters. The minimum absolute atomic E-state index is 0.550. The van der Waals surface area contributed by atoms with Crippen LogP contribution in [0.25, 0.3) is 54.2 Å². The fraction of sp³-hybridized carbons (Fsp3) is 0. The van der Waals surface area contributed by atoms with Crippen LogP contribution < -0.4 is 27.1 Å². The molecule has 290 valence electrons. The molecule has 0 fully saturated rings. The third-order valence-electron chi connectivity index (χ3n) is 10.1. The van der Waals surface area contributed by atoms with Gasteiger partial charge in [-0.15, -0.1) is 0 Å². The highest BCUT2D eigenvalue weighted by Crippen LogP contribution is 2.51. The molecule has 0 aromatic heterocycles. The van der Waals surface area contributed by atoms with E-state index in [0.29, 0.717) is 34.5 Å². The van der Waals surface area contributed by atoms with Gasteiger partial charge in [0.05, 0.1) is 0 Å². The molecule has 8 heteroatoms. The van der Waals surface area contributed by atoms with Gasteiger partial charge in [-0.25, -0.2) is 0 Å². The minimum Gasteiger partial charge on any atom is -0.408 e. The van der Waals surface area contributed by atoms with Gasteiger partial charge >= 0.3 is 17.2 Å². The molecule has 6 nitrogen and oxygen atoms in total. The van der Waals surface area contributed by atoms with Crippen molar-refractivity contribution in [3.63, 3.8) is 0 Å². The van der Waals surface area contributed by atoms with Gasteiger partial charge in [-0.3, -0.25) is 0 Å². The molecule has 0 aliphatic rings. The van der Waals surface area contributed by atoms with Crippen molar-refractivity contribution in [2.75, 3.05) is 0 Å². The van der Waals surface area contributed by atoms with Gasteiger partial charge in [0, 0.05) is 32.7 Å². The van der Waals surface area contributed by atoms with Crippen LogP contribution in [0, 0.1) is 0 Å². The maximum atomic E-state index is 6.86. The lowest BCUT2D eigenvalue weighted by Crippen LogP contribution is -2.05. The SMILES string of the molecule is c1ccc(-c2ccccc2OP(Oc2cccc3ccccc23)Oc2cccc3ccccc23)c(OP(Oc2cccc3ccccc23)Oc2cccc3ccccc23)c1. The van der Waals surface area contributed by atoms with E-state index in [2.05, 4.69) is 48.5 Å². The molecule has 0 radical (unpaired) electrons. The second-order valence-corrected chi connectivity index (χ2v) is 15.9. The first kappa shape index (κ1) is 37.2. The summed E-state index contributed by atoms with van der Waals surface area (Å²) in [5.41, 5.74) is 1.54. The molecule has 60 heavy (non-hydrogen) atoms. The largest absolute Gasteiger partial charge is 0.530 e. The van der Waals surface area contributed by atoms with Crippen LogP contribution in [-0.4, -0.2) is 0 Å². The first-order valence-electron chi connectivity index (χ1n) is 19.5. The molecule has 0 aliphatic carbocycles. The Morgan fingerprint density at radius 2 is 0.417 bits per heavy atom. The van der Waals surface area contributed by atoms with Crippen LogP contribution in [0.3, 0.4) is 0 Å². The van der Waals surface area contributed by atoms with Crippen LogP contribution in [0.15, 0.2) is 218 Å². The van der Waals surface area contributed by atoms with Crippen molar-refractivity contribution in [2.24, 2.45) is 0 Å². The Hall–Kier alpha value is -7.10. The second-order valence-electron chi connectivity index (χ2n) is 13.9. The Morgan fingerprint density at radius 3 is 0.733 bits per heavy atom. The van der Waals surface area contributed by atoms with Crippen molar-refractivity contribution in [3.05, 3.63) is 218 Å². The zero-order valence-electron chi connectivity index (χ0n) is 32.1. The Morgan fingerprint density at radius 1 is 0.200 bits per heavy atom. The molecule has 0 amide bonds. The van der Waals surface area contributed by atoms with Crippen molar-refractivity contribution in [1.29, 1.82) is 0 Å². The average Bonchev–Trinajstić information content (AvgIpc) is 3.30. The van der Waals surface area contributed by atoms with E-state index >= 15 is 0 Å². The lowest BCUT2D eigenvalue weighted by molar-refractivity contribution is 0.389. The fourth-order valence-electron chi connectivity index (χ4n) is 7.23. The topological polar surface area (TPSA) is 55.4 Å². The third kappa shape index (κ3) is 7.87. The molecule has 10 aromatic rings. The summed E-state index contributed by atoms with van der Waals surface area (Å²) < 4.78 is 40.6. The molecular weight excluding hydrogens is 783 g/mol. The third-order valence-corrected chi connectivity index (χ3v) is 12.2. The maximum Gasteiger partial charge on any atom is 0.530 e. The van der Waals surface area contributed by atoms with Gasteiger partial charge in [0.1, 0.15) is 34.5 Å². The molecule has 0 bridgehead atoms. The Kier molecular flexibility index (Phi) is 10.5. The quantitative estimate of drug-likeness (QED) is 0.108. The van der Waals surface area contributed by atoms with Gasteiger partial charge < -0.3 is 27.1 Å². The molecule has 10 aromatic carbocycles. The van der Waals surface area contributed by atoms with E-state index in [0.717, 1.165) is 54.2 Å². The van der Waals surface area contributed by atoms with Crippen molar-refractivity contribution in [3.8, 4) is 45.6 Å². The van der Waals surface area contributed by atoms with E-state index in [1.54, 1.807) is 0 Å². The fourth-order valence-corrected chi connectivity index (χ4v) is 9.37. The lowest BCUT2D eigenvalue weighted by Gasteiger charge is -2.23. The number of fused-ring (bicyclic) bond motifs is 4. The van der Waals surface area contributed by atoms with Crippen LogP contribution in [0.2, 0.25) is 0 Å². The molecule has 0 heterocycles. The van der Waals surface area contributed by atoms with E-state index in [-0.39, 0.29) is 0 Å². The van der Waals surface area contributed by atoms with Crippen LogP contribution >= 0.6 is 17.2 Å². The molecular formula is C52H36O6P2. The van der Waals surface area contributed by atoms with Gasteiger partial charge in [-0.05, 0) is 57.9 Å².